The number of anilines is 2. The van der Waals surface area contributed by atoms with Gasteiger partial charge in [0.2, 0.25) is 0 Å². The molecule has 2 aliphatic rings. The summed E-state index contributed by atoms with van der Waals surface area (Å²) >= 11 is 0. The van der Waals surface area contributed by atoms with E-state index in [-0.39, 0.29) is 24.0 Å². The van der Waals surface area contributed by atoms with Gasteiger partial charge in [0.25, 0.3) is 5.91 Å². The monoisotopic (exact) mass is 428 g/mol. The van der Waals surface area contributed by atoms with Gasteiger partial charge in [-0.1, -0.05) is 0 Å². The van der Waals surface area contributed by atoms with Crippen LogP contribution in [0.3, 0.4) is 0 Å². The first-order valence-corrected chi connectivity index (χ1v) is 9.79. The van der Waals surface area contributed by atoms with E-state index in [9.17, 15) is 19.2 Å². The fraction of sp³-hybridized carbons (Fsp3) is 0.400. The zero-order chi connectivity index (χ0) is 22.0. The van der Waals surface area contributed by atoms with Crippen molar-refractivity contribution in [2.45, 2.75) is 18.6 Å². The van der Waals surface area contributed by atoms with Gasteiger partial charge in [-0.25, -0.2) is 9.18 Å². The van der Waals surface area contributed by atoms with E-state index in [0.29, 0.717) is 31.9 Å². The molecule has 1 unspecified atom stereocenters. The molecule has 0 spiro atoms. The quantitative estimate of drug-likeness (QED) is 0.741. The average Bonchev–Trinajstić information content (AvgIpc) is 3.15. The summed E-state index contributed by atoms with van der Waals surface area (Å²) in [6.45, 7) is 1.33. The lowest BCUT2D eigenvalue weighted by molar-refractivity contribution is -0.106. The summed E-state index contributed by atoms with van der Waals surface area (Å²) in [6, 6.07) is 7.30. The number of piperidine rings is 1. The Balaban J connectivity index is 1.56. The van der Waals surface area contributed by atoms with E-state index < -0.39 is 29.8 Å². The summed E-state index contributed by atoms with van der Waals surface area (Å²) in [7, 11) is 0. The highest BCUT2D eigenvalue weighted by atomic mass is 19.1. The fourth-order valence-corrected chi connectivity index (χ4v) is 3.52. The van der Waals surface area contributed by atoms with E-state index in [1.165, 1.54) is 40.0 Å². The van der Waals surface area contributed by atoms with Crippen molar-refractivity contribution in [2.24, 2.45) is 11.7 Å². The summed E-state index contributed by atoms with van der Waals surface area (Å²) in [5.74, 6) is -1.34. The molecule has 2 saturated heterocycles. The Labute approximate surface area is 177 Å². The van der Waals surface area contributed by atoms with E-state index in [0.717, 1.165) is 0 Å². The van der Waals surface area contributed by atoms with Crippen LogP contribution in [0.1, 0.15) is 22.8 Å². The number of nitrogens with zero attached hydrogens (tertiary/aromatic N) is 4. The Morgan fingerprint density at radius 3 is 2.68 bits per heavy atom. The Bertz CT molecular complexity index is 1010. The third kappa shape index (κ3) is 4.44. The summed E-state index contributed by atoms with van der Waals surface area (Å²) < 4.78 is 25.0. The van der Waals surface area contributed by atoms with Crippen molar-refractivity contribution in [2.75, 3.05) is 31.6 Å². The van der Waals surface area contributed by atoms with Crippen molar-refractivity contribution >= 4 is 23.5 Å². The second-order valence-corrected chi connectivity index (χ2v) is 7.45. The predicted molar refractivity (Wildman–Crippen MR) is 106 cm³/mol. The standard InChI is InChI=1S/C20H21FN6O4/c21-13-1-3-14(4-2-13)24-19-16(18(23)28)8-27(25-19)17-9-26(6-5-12(17)7-22)20(29)31-15-10-30-11-15/h1-4,8,12,15,17H,5-6,9-11H2,(H2,23,28)(H,24,25)/t12-,17?/m0/s1. The number of nitrogens with one attached hydrogen (secondary N) is 1. The van der Waals surface area contributed by atoms with E-state index >= 15 is 0 Å². The minimum atomic E-state index is -0.707. The lowest BCUT2D eigenvalue weighted by atomic mass is 9.93. The van der Waals surface area contributed by atoms with Crippen LogP contribution < -0.4 is 11.1 Å². The SMILES string of the molecule is N#C[C@@H]1CCN(C(=O)OC2COC2)CC1n1cc(C(N)=O)c(Nc2ccc(F)cc2)n1. The molecular weight excluding hydrogens is 407 g/mol. The molecule has 2 aliphatic heterocycles. The van der Waals surface area contributed by atoms with E-state index in [1.807, 2.05) is 0 Å². The van der Waals surface area contributed by atoms with Gasteiger partial charge in [-0.05, 0) is 30.7 Å². The van der Waals surface area contributed by atoms with Gasteiger partial charge >= 0.3 is 6.09 Å². The zero-order valence-electron chi connectivity index (χ0n) is 16.5. The second kappa shape index (κ2) is 8.61. The number of carbonyl (C=O) groups excluding carboxylic acids is 2. The molecule has 4 rings (SSSR count). The maximum absolute atomic E-state index is 13.2. The van der Waals surface area contributed by atoms with Crippen LogP contribution in [0.4, 0.5) is 20.7 Å². The van der Waals surface area contributed by atoms with E-state index in [4.69, 9.17) is 15.2 Å². The summed E-state index contributed by atoms with van der Waals surface area (Å²) in [4.78, 5) is 25.9. The molecule has 10 nitrogen and oxygen atoms in total. The molecule has 0 bridgehead atoms. The van der Waals surface area contributed by atoms with Gasteiger partial charge in [0.05, 0.1) is 31.2 Å². The van der Waals surface area contributed by atoms with Crippen molar-refractivity contribution in [3.05, 3.63) is 41.8 Å². The number of hydrogen-bond acceptors (Lipinski definition) is 7. The molecule has 1 aromatic heterocycles. The Hall–Kier alpha value is -3.65. The molecule has 0 aliphatic carbocycles. The lowest BCUT2D eigenvalue weighted by Gasteiger charge is -2.36. The van der Waals surface area contributed by atoms with Gasteiger partial charge in [0.1, 0.15) is 11.4 Å². The number of benzene rings is 1. The number of hydrogen-bond donors (Lipinski definition) is 2. The average molecular weight is 428 g/mol. The van der Waals surface area contributed by atoms with Gasteiger partial charge in [0, 0.05) is 25.0 Å². The summed E-state index contributed by atoms with van der Waals surface area (Å²) in [6.07, 6.45) is 1.17. The first-order valence-electron chi connectivity index (χ1n) is 9.79. The Kier molecular flexibility index (Phi) is 5.73. The van der Waals surface area contributed by atoms with Gasteiger partial charge in [-0.15, -0.1) is 0 Å². The number of aromatic nitrogens is 2. The van der Waals surface area contributed by atoms with Gasteiger partial charge in [-0.3, -0.25) is 9.48 Å². The number of carbonyl (C=O) groups is 2. The normalized spacial score (nSPS) is 21.1. The van der Waals surface area contributed by atoms with Crippen LogP contribution in [0.2, 0.25) is 0 Å². The second-order valence-electron chi connectivity index (χ2n) is 7.45. The highest BCUT2D eigenvalue weighted by Gasteiger charge is 2.36. The molecule has 2 aromatic rings. The Morgan fingerprint density at radius 2 is 2.06 bits per heavy atom. The predicted octanol–water partition coefficient (Wildman–Crippen LogP) is 1.79. The molecule has 31 heavy (non-hydrogen) atoms. The highest BCUT2D eigenvalue weighted by Crippen LogP contribution is 2.30. The Morgan fingerprint density at radius 1 is 1.32 bits per heavy atom. The number of likely N-dealkylation sites (tertiary alicyclic amines) is 1. The van der Waals surface area contributed by atoms with Gasteiger partial charge in [-0.2, -0.15) is 10.4 Å². The molecule has 0 radical (unpaired) electrons. The smallest absolute Gasteiger partial charge is 0.410 e. The number of primary amides is 1. The van der Waals surface area contributed by atoms with Crippen molar-refractivity contribution in [3.8, 4) is 6.07 Å². The fourth-order valence-electron chi connectivity index (χ4n) is 3.52. The summed E-state index contributed by atoms with van der Waals surface area (Å²) in [5, 5.41) is 17.0. The zero-order valence-corrected chi connectivity index (χ0v) is 16.5. The van der Waals surface area contributed by atoms with Crippen LogP contribution in [-0.2, 0) is 9.47 Å². The molecule has 162 valence electrons. The molecule has 2 amide bonds. The van der Waals surface area contributed by atoms with Crippen molar-refractivity contribution in [1.82, 2.24) is 14.7 Å². The molecular formula is C20H21FN6O4. The topological polar surface area (TPSA) is 136 Å². The molecule has 3 N–H and O–H groups in total. The molecule has 3 heterocycles. The minimum absolute atomic E-state index is 0.118. The van der Waals surface area contributed by atoms with Crippen molar-refractivity contribution in [1.29, 1.82) is 5.26 Å². The number of rotatable bonds is 5. The number of nitrogens with two attached hydrogens (primary N) is 1. The summed E-state index contributed by atoms with van der Waals surface area (Å²) in [5.41, 5.74) is 6.13. The molecule has 1 aromatic carbocycles. The van der Waals surface area contributed by atoms with Crippen LogP contribution >= 0.6 is 0 Å². The highest BCUT2D eigenvalue weighted by molar-refractivity contribution is 5.98. The van der Waals surface area contributed by atoms with E-state index in [1.54, 1.807) is 0 Å². The number of nitriles is 1. The third-order valence-electron chi connectivity index (χ3n) is 5.33. The van der Waals surface area contributed by atoms with Gasteiger partial charge in [0.15, 0.2) is 11.9 Å². The maximum atomic E-state index is 13.2. The van der Waals surface area contributed by atoms with Crippen LogP contribution in [-0.4, -0.2) is 59.1 Å². The first kappa shape index (κ1) is 20.6. The molecule has 0 saturated carbocycles. The van der Waals surface area contributed by atoms with Crippen molar-refractivity contribution in [3.63, 3.8) is 0 Å². The molecule has 2 atom stereocenters. The molecule has 2 fully saturated rings. The number of amides is 2. The first-order chi connectivity index (χ1) is 14.9. The van der Waals surface area contributed by atoms with Crippen LogP contribution in [0.15, 0.2) is 30.5 Å². The molecule has 11 heteroatoms. The van der Waals surface area contributed by atoms with Crippen LogP contribution in [0.25, 0.3) is 0 Å². The van der Waals surface area contributed by atoms with Gasteiger partial charge < -0.3 is 25.4 Å². The third-order valence-corrected chi connectivity index (χ3v) is 5.33. The van der Waals surface area contributed by atoms with Crippen LogP contribution in [0.5, 0.6) is 0 Å². The number of ether oxygens (including phenoxy) is 2. The van der Waals surface area contributed by atoms with E-state index in [2.05, 4.69) is 16.5 Å². The van der Waals surface area contributed by atoms with Crippen molar-refractivity contribution < 1.29 is 23.5 Å². The largest absolute Gasteiger partial charge is 0.441 e. The van der Waals surface area contributed by atoms with Crippen LogP contribution in [0, 0.1) is 23.1 Å². The minimum Gasteiger partial charge on any atom is -0.441 e. The maximum Gasteiger partial charge on any atom is 0.410 e. The lowest BCUT2D eigenvalue weighted by Crippen LogP contribution is -2.48. The number of halogens is 1.